The number of hydrogen-bond donors (Lipinski definition) is 1. The van der Waals surface area contributed by atoms with Crippen molar-refractivity contribution in [2.75, 3.05) is 39.3 Å². The topological polar surface area (TPSA) is 65.8 Å². The average molecular weight is 383 g/mol. The number of carbonyl (C=O) groups is 2. The minimum atomic E-state index is -0.0919. The Kier molecular flexibility index (Phi) is 5.67. The number of benzene rings is 1. The van der Waals surface area contributed by atoms with Crippen molar-refractivity contribution in [3.05, 3.63) is 35.6 Å². The van der Waals surface area contributed by atoms with Gasteiger partial charge in [-0.15, -0.1) is 0 Å². The maximum absolute atomic E-state index is 12.6. The molecule has 2 aliphatic rings. The van der Waals surface area contributed by atoms with Gasteiger partial charge in [-0.1, -0.05) is 19.4 Å². The van der Waals surface area contributed by atoms with Gasteiger partial charge in [0, 0.05) is 50.6 Å². The molecule has 2 heterocycles. The first-order chi connectivity index (χ1) is 13.7. The van der Waals surface area contributed by atoms with Crippen molar-refractivity contribution in [1.82, 2.24) is 15.1 Å². The van der Waals surface area contributed by atoms with Crippen LogP contribution < -0.4 is 5.32 Å². The highest BCUT2D eigenvalue weighted by Gasteiger charge is 2.31. The number of carbonyl (C=O) groups excluding carboxylic acids is 2. The number of aryl methyl sites for hydroxylation is 1. The number of nitrogens with one attached hydrogen (secondary N) is 1. The van der Waals surface area contributed by atoms with Crippen molar-refractivity contribution in [2.45, 2.75) is 32.6 Å². The second kappa shape index (κ2) is 8.35. The van der Waals surface area contributed by atoms with E-state index >= 15 is 0 Å². The number of rotatable bonds is 6. The van der Waals surface area contributed by atoms with E-state index in [1.165, 1.54) is 12.0 Å². The van der Waals surface area contributed by atoms with Crippen LogP contribution in [0.15, 0.2) is 28.9 Å². The van der Waals surface area contributed by atoms with E-state index in [-0.39, 0.29) is 11.8 Å². The zero-order valence-corrected chi connectivity index (χ0v) is 16.6. The van der Waals surface area contributed by atoms with Crippen LogP contribution in [-0.4, -0.2) is 60.9 Å². The van der Waals surface area contributed by atoms with Crippen LogP contribution in [0.1, 0.15) is 42.1 Å². The van der Waals surface area contributed by atoms with Crippen LogP contribution in [0.25, 0.3) is 11.0 Å². The minimum absolute atomic E-state index is 0.0919. The zero-order chi connectivity index (χ0) is 19.5. The van der Waals surface area contributed by atoms with Crippen molar-refractivity contribution >= 4 is 22.8 Å². The first-order valence-corrected chi connectivity index (χ1v) is 10.4. The molecule has 1 aromatic carbocycles. The fraction of sp³-hybridized carbons (Fsp3) is 0.545. The Balaban J connectivity index is 1.24. The lowest BCUT2D eigenvalue weighted by Crippen LogP contribution is -2.52. The van der Waals surface area contributed by atoms with Gasteiger partial charge in [0.05, 0.1) is 5.56 Å². The number of piperazine rings is 1. The van der Waals surface area contributed by atoms with Gasteiger partial charge in [-0.3, -0.25) is 14.5 Å². The third kappa shape index (κ3) is 3.92. The molecule has 0 unspecified atom stereocenters. The van der Waals surface area contributed by atoms with Crippen LogP contribution in [0.5, 0.6) is 0 Å². The van der Waals surface area contributed by atoms with Crippen molar-refractivity contribution in [2.24, 2.45) is 5.92 Å². The van der Waals surface area contributed by atoms with Crippen molar-refractivity contribution in [3.63, 3.8) is 0 Å². The molecule has 1 aliphatic carbocycles. The summed E-state index contributed by atoms with van der Waals surface area (Å²) < 4.78 is 5.52. The highest BCUT2D eigenvalue weighted by molar-refractivity contribution is 6.06. The van der Waals surface area contributed by atoms with E-state index in [9.17, 15) is 9.59 Å². The van der Waals surface area contributed by atoms with Crippen LogP contribution in [0.2, 0.25) is 0 Å². The lowest BCUT2D eigenvalue weighted by Gasteiger charge is -2.38. The standard InChI is InChI=1S/C22H29N3O3/c1-2-16-6-7-20-18(14-16)19(15-28-20)21(26)23-8-9-24-10-12-25(13-11-24)22(27)17-4-3-5-17/h6-7,14-15,17H,2-5,8-13H2,1H3,(H,23,26). The Hall–Kier alpha value is -2.34. The number of amides is 2. The minimum Gasteiger partial charge on any atom is -0.463 e. The lowest BCUT2D eigenvalue weighted by molar-refractivity contribution is -0.139. The summed E-state index contributed by atoms with van der Waals surface area (Å²) >= 11 is 0. The second-order valence-corrected chi connectivity index (χ2v) is 7.88. The highest BCUT2D eigenvalue weighted by Crippen LogP contribution is 2.28. The Labute approximate surface area is 165 Å². The van der Waals surface area contributed by atoms with Gasteiger partial charge < -0.3 is 14.6 Å². The maximum Gasteiger partial charge on any atom is 0.255 e. The Bertz CT molecular complexity index is 848. The molecule has 0 radical (unpaired) electrons. The average Bonchev–Trinajstić information content (AvgIpc) is 3.10. The molecule has 1 saturated heterocycles. The van der Waals surface area contributed by atoms with Gasteiger partial charge in [0.15, 0.2) is 0 Å². The van der Waals surface area contributed by atoms with Gasteiger partial charge in [0.2, 0.25) is 5.91 Å². The lowest BCUT2D eigenvalue weighted by atomic mass is 9.84. The van der Waals surface area contributed by atoms with Crippen LogP contribution >= 0.6 is 0 Å². The fourth-order valence-electron chi connectivity index (χ4n) is 4.00. The Morgan fingerprint density at radius 3 is 2.64 bits per heavy atom. The molecule has 6 heteroatoms. The number of fused-ring (bicyclic) bond motifs is 1. The largest absolute Gasteiger partial charge is 0.463 e. The first-order valence-electron chi connectivity index (χ1n) is 10.4. The van der Waals surface area contributed by atoms with E-state index < -0.39 is 0 Å². The molecule has 1 aliphatic heterocycles. The summed E-state index contributed by atoms with van der Waals surface area (Å²) in [5, 5.41) is 3.89. The molecule has 1 aromatic heterocycles. The first kappa shape index (κ1) is 19.0. The molecule has 4 rings (SSSR count). The van der Waals surface area contributed by atoms with E-state index in [0.717, 1.165) is 63.0 Å². The van der Waals surface area contributed by atoms with E-state index in [0.29, 0.717) is 18.0 Å². The smallest absolute Gasteiger partial charge is 0.255 e. The Morgan fingerprint density at radius 2 is 1.96 bits per heavy atom. The molecule has 2 fully saturated rings. The molecule has 28 heavy (non-hydrogen) atoms. The van der Waals surface area contributed by atoms with Gasteiger partial charge in [0.1, 0.15) is 11.8 Å². The number of hydrogen-bond acceptors (Lipinski definition) is 4. The summed E-state index contributed by atoms with van der Waals surface area (Å²) in [7, 11) is 0. The van der Waals surface area contributed by atoms with Crippen LogP contribution in [0.3, 0.4) is 0 Å². The van der Waals surface area contributed by atoms with Crippen molar-refractivity contribution < 1.29 is 14.0 Å². The normalized spacial score (nSPS) is 18.2. The predicted molar refractivity (Wildman–Crippen MR) is 108 cm³/mol. The van der Waals surface area contributed by atoms with Crippen LogP contribution in [-0.2, 0) is 11.2 Å². The molecular weight excluding hydrogens is 354 g/mol. The quantitative estimate of drug-likeness (QED) is 0.833. The fourth-order valence-corrected chi connectivity index (χ4v) is 4.00. The molecule has 0 atom stereocenters. The third-order valence-corrected chi connectivity index (χ3v) is 6.14. The third-order valence-electron chi connectivity index (χ3n) is 6.14. The van der Waals surface area contributed by atoms with Gasteiger partial charge in [-0.25, -0.2) is 0 Å². The summed E-state index contributed by atoms with van der Waals surface area (Å²) in [5.74, 6) is 0.534. The molecule has 0 spiro atoms. The van der Waals surface area contributed by atoms with E-state index in [2.05, 4.69) is 17.1 Å². The van der Waals surface area contributed by atoms with Gasteiger partial charge in [-0.2, -0.15) is 0 Å². The summed E-state index contributed by atoms with van der Waals surface area (Å²) in [5.41, 5.74) is 2.54. The highest BCUT2D eigenvalue weighted by atomic mass is 16.3. The van der Waals surface area contributed by atoms with Gasteiger partial charge >= 0.3 is 0 Å². The van der Waals surface area contributed by atoms with Crippen LogP contribution in [0.4, 0.5) is 0 Å². The molecule has 2 amide bonds. The summed E-state index contributed by atoms with van der Waals surface area (Å²) in [6.07, 6.45) is 5.80. The molecule has 2 aromatic rings. The van der Waals surface area contributed by atoms with Crippen LogP contribution in [0, 0.1) is 5.92 Å². The SMILES string of the molecule is CCc1ccc2occ(C(=O)NCCN3CCN(C(=O)C4CCC4)CC3)c2c1. The number of furan rings is 1. The summed E-state index contributed by atoms with van der Waals surface area (Å²) in [6.45, 7) is 6.85. The molecule has 150 valence electrons. The Morgan fingerprint density at radius 1 is 1.18 bits per heavy atom. The van der Waals surface area contributed by atoms with E-state index in [4.69, 9.17) is 4.42 Å². The monoisotopic (exact) mass is 383 g/mol. The van der Waals surface area contributed by atoms with Crippen molar-refractivity contribution in [3.8, 4) is 0 Å². The molecular formula is C22H29N3O3. The molecule has 0 bridgehead atoms. The van der Waals surface area contributed by atoms with Gasteiger partial charge in [0.25, 0.3) is 5.91 Å². The predicted octanol–water partition coefficient (Wildman–Crippen LogP) is 2.67. The summed E-state index contributed by atoms with van der Waals surface area (Å²) in [6, 6.07) is 5.99. The molecule has 1 saturated carbocycles. The van der Waals surface area contributed by atoms with E-state index in [1.807, 2.05) is 23.1 Å². The zero-order valence-electron chi connectivity index (χ0n) is 16.6. The molecule has 1 N–H and O–H groups in total. The molecule has 6 nitrogen and oxygen atoms in total. The van der Waals surface area contributed by atoms with Gasteiger partial charge in [-0.05, 0) is 37.0 Å². The summed E-state index contributed by atoms with van der Waals surface area (Å²) in [4.78, 5) is 29.2. The number of nitrogens with zero attached hydrogens (tertiary/aromatic N) is 2. The maximum atomic E-state index is 12.6. The van der Waals surface area contributed by atoms with E-state index in [1.54, 1.807) is 6.26 Å². The second-order valence-electron chi connectivity index (χ2n) is 7.88. The van der Waals surface area contributed by atoms with Crippen molar-refractivity contribution in [1.29, 1.82) is 0 Å².